The van der Waals surface area contributed by atoms with Crippen molar-refractivity contribution in [2.45, 2.75) is 32.0 Å². The highest BCUT2D eigenvalue weighted by Gasteiger charge is 2.25. The molecular formula is C20H23FN2O2S. The van der Waals surface area contributed by atoms with Gasteiger partial charge in [0.05, 0.1) is 12.6 Å². The fraction of sp³-hybridized carbons (Fsp3) is 0.450. The summed E-state index contributed by atoms with van der Waals surface area (Å²) in [6.45, 7) is 3.83. The van der Waals surface area contributed by atoms with Crippen LogP contribution >= 0.6 is 11.3 Å². The number of ether oxygens (including phenoxy) is 1. The maximum absolute atomic E-state index is 13.8. The number of amides is 1. The largest absolute Gasteiger partial charge is 0.373 e. The molecule has 0 saturated carbocycles. The molecule has 2 fully saturated rings. The van der Waals surface area contributed by atoms with Crippen LogP contribution in [-0.2, 0) is 22.6 Å². The van der Waals surface area contributed by atoms with Crippen LogP contribution in [-0.4, -0.2) is 41.9 Å². The molecule has 1 amide bonds. The zero-order valence-corrected chi connectivity index (χ0v) is 15.5. The molecule has 6 heteroatoms. The van der Waals surface area contributed by atoms with Gasteiger partial charge in [0, 0.05) is 48.1 Å². The number of nitrogens with zero attached hydrogens (tertiary/aromatic N) is 2. The van der Waals surface area contributed by atoms with Crippen LogP contribution in [0.2, 0.25) is 0 Å². The standard InChI is InChI=1S/C20H23FN2O2S/c21-17-5-2-1-4-15(17)12-23-10-9-22(14-20(23)24)13-16-7-8-19(26-16)18-6-3-11-25-18/h1-2,4-5,7-8,18H,3,6,9-14H2/t18-/m1/s1. The zero-order valence-electron chi connectivity index (χ0n) is 14.7. The SMILES string of the molecule is O=C1CN(Cc2ccc([C@H]3CCCO3)s2)CCN1Cc1ccccc1F. The molecule has 2 saturated heterocycles. The van der Waals surface area contributed by atoms with Crippen molar-refractivity contribution in [3.63, 3.8) is 0 Å². The van der Waals surface area contributed by atoms with Crippen molar-refractivity contribution in [1.82, 2.24) is 9.80 Å². The van der Waals surface area contributed by atoms with Gasteiger partial charge in [-0.2, -0.15) is 0 Å². The number of piperazine rings is 1. The van der Waals surface area contributed by atoms with Gasteiger partial charge in [-0.25, -0.2) is 4.39 Å². The molecular weight excluding hydrogens is 351 g/mol. The van der Waals surface area contributed by atoms with E-state index >= 15 is 0 Å². The Morgan fingerprint density at radius 2 is 2.04 bits per heavy atom. The molecule has 0 unspecified atom stereocenters. The van der Waals surface area contributed by atoms with E-state index in [4.69, 9.17) is 4.74 Å². The number of carbonyl (C=O) groups excluding carboxylic acids is 1. The number of halogens is 1. The van der Waals surface area contributed by atoms with E-state index in [1.807, 2.05) is 6.07 Å². The Labute approximate surface area is 157 Å². The summed E-state index contributed by atoms with van der Waals surface area (Å²) in [4.78, 5) is 19.0. The topological polar surface area (TPSA) is 32.8 Å². The van der Waals surface area contributed by atoms with E-state index in [2.05, 4.69) is 17.0 Å². The van der Waals surface area contributed by atoms with Crippen LogP contribution in [0.4, 0.5) is 4.39 Å². The fourth-order valence-electron chi connectivity index (χ4n) is 3.57. The van der Waals surface area contributed by atoms with Crippen LogP contribution < -0.4 is 0 Å². The molecule has 0 bridgehead atoms. The lowest BCUT2D eigenvalue weighted by molar-refractivity contribution is -0.136. The molecule has 1 aromatic carbocycles. The summed E-state index contributed by atoms with van der Waals surface area (Å²) in [6.07, 6.45) is 2.50. The van der Waals surface area contributed by atoms with Gasteiger partial charge in [-0.05, 0) is 31.0 Å². The lowest BCUT2D eigenvalue weighted by atomic mass is 10.2. The van der Waals surface area contributed by atoms with Crippen molar-refractivity contribution in [3.8, 4) is 0 Å². The summed E-state index contributed by atoms with van der Waals surface area (Å²) in [6, 6.07) is 11.0. The van der Waals surface area contributed by atoms with Gasteiger partial charge >= 0.3 is 0 Å². The number of hydrogen-bond donors (Lipinski definition) is 0. The summed E-state index contributed by atoms with van der Waals surface area (Å²) in [7, 11) is 0. The Balaban J connectivity index is 1.32. The van der Waals surface area contributed by atoms with Crippen LogP contribution in [0.25, 0.3) is 0 Å². The summed E-state index contributed by atoms with van der Waals surface area (Å²) in [5, 5.41) is 0. The van der Waals surface area contributed by atoms with Crippen molar-refractivity contribution in [1.29, 1.82) is 0 Å². The zero-order chi connectivity index (χ0) is 17.9. The van der Waals surface area contributed by atoms with Crippen LogP contribution in [0.5, 0.6) is 0 Å². The molecule has 2 aliphatic heterocycles. The van der Waals surface area contributed by atoms with Gasteiger partial charge in [0.15, 0.2) is 0 Å². The molecule has 138 valence electrons. The van der Waals surface area contributed by atoms with Crippen LogP contribution in [0.15, 0.2) is 36.4 Å². The quantitative estimate of drug-likeness (QED) is 0.802. The number of hydrogen-bond acceptors (Lipinski definition) is 4. The first-order valence-electron chi connectivity index (χ1n) is 9.13. The van der Waals surface area contributed by atoms with Crippen molar-refractivity contribution in [2.24, 2.45) is 0 Å². The van der Waals surface area contributed by atoms with Gasteiger partial charge in [0.25, 0.3) is 0 Å². The first-order valence-corrected chi connectivity index (χ1v) is 9.94. The molecule has 1 aromatic heterocycles. The van der Waals surface area contributed by atoms with Gasteiger partial charge in [-0.1, -0.05) is 18.2 Å². The number of thiophene rings is 1. The third-order valence-corrected chi connectivity index (χ3v) is 6.19. The maximum atomic E-state index is 13.8. The summed E-state index contributed by atoms with van der Waals surface area (Å²) in [5.74, 6) is -0.182. The van der Waals surface area contributed by atoms with E-state index in [1.54, 1.807) is 28.4 Å². The summed E-state index contributed by atoms with van der Waals surface area (Å²) < 4.78 is 19.6. The minimum atomic E-state index is -0.247. The molecule has 0 spiro atoms. The van der Waals surface area contributed by atoms with Crippen molar-refractivity contribution in [2.75, 3.05) is 26.2 Å². The van der Waals surface area contributed by atoms with Crippen molar-refractivity contribution >= 4 is 17.2 Å². The van der Waals surface area contributed by atoms with E-state index in [9.17, 15) is 9.18 Å². The van der Waals surface area contributed by atoms with E-state index < -0.39 is 0 Å². The second-order valence-electron chi connectivity index (χ2n) is 6.92. The lowest BCUT2D eigenvalue weighted by Gasteiger charge is -2.34. The second kappa shape index (κ2) is 7.86. The highest BCUT2D eigenvalue weighted by atomic mass is 32.1. The molecule has 0 N–H and O–H groups in total. The van der Waals surface area contributed by atoms with E-state index in [-0.39, 0.29) is 17.8 Å². The Bertz CT molecular complexity index is 773. The summed E-state index contributed by atoms with van der Waals surface area (Å²) >= 11 is 1.79. The van der Waals surface area contributed by atoms with Crippen molar-refractivity contribution in [3.05, 3.63) is 57.5 Å². The molecule has 0 radical (unpaired) electrons. The van der Waals surface area contributed by atoms with Gasteiger partial charge in [-0.3, -0.25) is 9.69 Å². The Kier molecular flexibility index (Phi) is 5.33. The minimum Gasteiger partial charge on any atom is -0.373 e. The molecule has 4 rings (SSSR count). The fourth-order valence-corrected chi connectivity index (χ4v) is 4.71. The lowest BCUT2D eigenvalue weighted by Crippen LogP contribution is -2.49. The monoisotopic (exact) mass is 374 g/mol. The number of carbonyl (C=O) groups is 1. The molecule has 4 nitrogen and oxygen atoms in total. The Morgan fingerprint density at radius 1 is 1.15 bits per heavy atom. The third-order valence-electron chi connectivity index (χ3n) is 5.03. The van der Waals surface area contributed by atoms with E-state index in [1.165, 1.54) is 15.8 Å². The smallest absolute Gasteiger partial charge is 0.237 e. The van der Waals surface area contributed by atoms with Crippen molar-refractivity contribution < 1.29 is 13.9 Å². The summed E-state index contributed by atoms with van der Waals surface area (Å²) in [5.41, 5.74) is 0.578. The Morgan fingerprint density at radius 3 is 2.81 bits per heavy atom. The maximum Gasteiger partial charge on any atom is 0.237 e. The molecule has 3 heterocycles. The van der Waals surface area contributed by atoms with E-state index in [0.29, 0.717) is 25.2 Å². The Hall–Kier alpha value is -1.76. The highest BCUT2D eigenvalue weighted by molar-refractivity contribution is 7.12. The predicted octanol–water partition coefficient (Wildman–Crippen LogP) is 3.58. The first kappa shape index (κ1) is 17.6. The van der Waals surface area contributed by atoms with Crippen LogP contribution in [0.3, 0.4) is 0 Å². The highest BCUT2D eigenvalue weighted by Crippen LogP contribution is 2.33. The molecule has 26 heavy (non-hydrogen) atoms. The van der Waals surface area contributed by atoms with Gasteiger partial charge in [0.2, 0.25) is 5.91 Å². The molecule has 1 atom stereocenters. The van der Waals surface area contributed by atoms with E-state index in [0.717, 1.165) is 32.5 Å². The van der Waals surface area contributed by atoms with Gasteiger partial charge in [0.1, 0.15) is 5.82 Å². The number of benzene rings is 1. The average Bonchev–Trinajstić information content (AvgIpc) is 3.30. The van der Waals surface area contributed by atoms with Gasteiger partial charge in [-0.15, -0.1) is 11.3 Å². The normalized spacial score (nSPS) is 21.5. The third kappa shape index (κ3) is 3.98. The average molecular weight is 374 g/mol. The minimum absolute atomic E-state index is 0.0652. The predicted molar refractivity (Wildman–Crippen MR) is 99.3 cm³/mol. The molecule has 2 aliphatic rings. The number of rotatable bonds is 5. The van der Waals surface area contributed by atoms with Gasteiger partial charge < -0.3 is 9.64 Å². The first-order chi connectivity index (χ1) is 12.7. The van der Waals surface area contributed by atoms with Crippen LogP contribution in [0.1, 0.15) is 34.3 Å². The molecule has 2 aromatic rings. The molecule has 0 aliphatic carbocycles. The van der Waals surface area contributed by atoms with Crippen LogP contribution in [0, 0.1) is 5.82 Å². The second-order valence-corrected chi connectivity index (χ2v) is 8.12.